The van der Waals surface area contributed by atoms with Gasteiger partial charge < -0.3 is 10.7 Å². The van der Waals surface area contributed by atoms with Crippen LogP contribution in [0.4, 0.5) is 4.39 Å². The molecule has 0 bridgehead atoms. The Morgan fingerprint density at radius 1 is 1.43 bits per heavy atom. The fraction of sp³-hybridized carbons (Fsp3) is 0.250. The minimum atomic E-state index is -3.90. The van der Waals surface area contributed by atoms with Gasteiger partial charge in [-0.05, 0) is 24.6 Å². The van der Waals surface area contributed by atoms with Gasteiger partial charge in [-0.2, -0.15) is 0 Å². The zero-order chi connectivity index (χ0) is 15.6. The number of hydrogen-bond donors (Lipinski definition) is 3. The molecule has 0 fully saturated rings. The SMILES string of the molecule is Cc1c(F)cc(CN)cc1S(=O)(=O)NCc1csc(=O)[nH]1. The molecule has 0 aliphatic rings. The summed E-state index contributed by atoms with van der Waals surface area (Å²) in [6.45, 7) is 1.35. The van der Waals surface area contributed by atoms with Crippen LogP contribution in [0.5, 0.6) is 0 Å². The number of halogens is 1. The summed E-state index contributed by atoms with van der Waals surface area (Å²) >= 11 is 0.940. The van der Waals surface area contributed by atoms with Crippen molar-refractivity contribution in [3.05, 3.63) is 49.8 Å². The Hall–Kier alpha value is -1.55. The van der Waals surface area contributed by atoms with Crippen LogP contribution >= 0.6 is 11.3 Å². The third kappa shape index (κ3) is 3.56. The molecule has 0 saturated carbocycles. The molecule has 0 radical (unpaired) electrons. The number of sulfonamides is 1. The molecule has 21 heavy (non-hydrogen) atoms. The molecule has 0 saturated heterocycles. The van der Waals surface area contributed by atoms with Crippen molar-refractivity contribution in [3.63, 3.8) is 0 Å². The average molecular weight is 331 g/mol. The molecule has 4 N–H and O–H groups in total. The number of benzene rings is 1. The van der Waals surface area contributed by atoms with Crippen LogP contribution in [0.25, 0.3) is 0 Å². The van der Waals surface area contributed by atoms with E-state index in [0.717, 1.165) is 11.3 Å². The lowest BCUT2D eigenvalue weighted by molar-refractivity contribution is 0.573. The number of nitrogens with two attached hydrogens (primary N) is 1. The highest BCUT2D eigenvalue weighted by Gasteiger charge is 2.20. The quantitative estimate of drug-likeness (QED) is 0.754. The van der Waals surface area contributed by atoms with Gasteiger partial charge in [-0.3, -0.25) is 4.79 Å². The summed E-state index contributed by atoms with van der Waals surface area (Å²) < 4.78 is 40.5. The van der Waals surface area contributed by atoms with E-state index in [1.807, 2.05) is 0 Å². The first-order valence-electron chi connectivity index (χ1n) is 5.99. The normalized spacial score (nSPS) is 11.8. The van der Waals surface area contributed by atoms with Crippen molar-refractivity contribution in [2.24, 2.45) is 5.73 Å². The monoisotopic (exact) mass is 331 g/mol. The molecule has 0 aliphatic carbocycles. The standard InChI is InChI=1S/C12H14FN3O3S2/c1-7-10(13)2-8(4-14)3-11(7)21(18,19)15-5-9-6-20-12(17)16-9/h2-3,6,15H,4-5,14H2,1H3,(H,16,17). The van der Waals surface area contributed by atoms with Crippen molar-refractivity contribution >= 4 is 21.4 Å². The Bertz CT molecular complexity index is 811. The van der Waals surface area contributed by atoms with Crippen molar-refractivity contribution in [3.8, 4) is 0 Å². The van der Waals surface area contributed by atoms with E-state index in [-0.39, 0.29) is 28.4 Å². The third-order valence-corrected chi connectivity index (χ3v) is 5.15. The van der Waals surface area contributed by atoms with Gasteiger partial charge in [0, 0.05) is 23.2 Å². The van der Waals surface area contributed by atoms with Gasteiger partial charge in [-0.1, -0.05) is 11.3 Å². The second kappa shape index (κ2) is 6.06. The summed E-state index contributed by atoms with van der Waals surface area (Å²) in [7, 11) is -3.90. The van der Waals surface area contributed by atoms with E-state index in [1.165, 1.54) is 24.4 Å². The summed E-state index contributed by atoms with van der Waals surface area (Å²) in [6, 6.07) is 2.56. The average Bonchev–Trinajstić information content (AvgIpc) is 2.85. The molecule has 2 aromatic rings. The van der Waals surface area contributed by atoms with Gasteiger partial charge in [0.2, 0.25) is 10.0 Å². The van der Waals surface area contributed by atoms with Crippen molar-refractivity contribution in [1.82, 2.24) is 9.71 Å². The van der Waals surface area contributed by atoms with Gasteiger partial charge in [0.05, 0.1) is 11.4 Å². The molecule has 2 rings (SSSR count). The summed E-state index contributed by atoms with van der Waals surface area (Å²) in [4.78, 5) is 13.1. The number of H-pyrrole nitrogens is 1. The zero-order valence-electron chi connectivity index (χ0n) is 11.1. The number of rotatable bonds is 5. The van der Waals surface area contributed by atoms with Gasteiger partial charge >= 0.3 is 4.87 Å². The lowest BCUT2D eigenvalue weighted by Crippen LogP contribution is -2.25. The van der Waals surface area contributed by atoms with E-state index >= 15 is 0 Å². The largest absolute Gasteiger partial charge is 0.326 e. The fourth-order valence-electron chi connectivity index (χ4n) is 1.76. The maximum atomic E-state index is 13.7. The molecule has 0 amide bonds. The summed E-state index contributed by atoms with van der Waals surface area (Å²) in [5.41, 5.74) is 6.29. The Morgan fingerprint density at radius 2 is 2.14 bits per heavy atom. The second-order valence-corrected chi connectivity index (χ2v) is 6.98. The number of aromatic amines is 1. The minimum Gasteiger partial charge on any atom is -0.326 e. The molecule has 0 spiro atoms. The maximum absolute atomic E-state index is 13.7. The summed E-state index contributed by atoms with van der Waals surface area (Å²) in [5.74, 6) is -0.623. The van der Waals surface area contributed by atoms with Crippen LogP contribution in [-0.2, 0) is 23.1 Å². The molecule has 0 aliphatic heterocycles. The molecular weight excluding hydrogens is 317 g/mol. The van der Waals surface area contributed by atoms with E-state index in [4.69, 9.17) is 5.73 Å². The maximum Gasteiger partial charge on any atom is 0.304 e. The van der Waals surface area contributed by atoms with E-state index in [2.05, 4.69) is 9.71 Å². The lowest BCUT2D eigenvalue weighted by Gasteiger charge is -2.11. The molecule has 9 heteroatoms. The van der Waals surface area contributed by atoms with Gasteiger partial charge in [-0.15, -0.1) is 0 Å². The van der Waals surface area contributed by atoms with Crippen molar-refractivity contribution in [1.29, 1.82) is 0 Å². The molecule has 1 aromatic carbocycles. The van der Waals surface area contributed by atoms with Crippen LogP contribution in [0.3, 0.4) is 0 Å². The van der Waals surface area contributed by atoms with Gasteiger partial charge in [-0.25, -0.2) is 17.5 Å². The number of aromatic nitrogens is 1. The zero-order valence-corrected chi connectivity index (χ0v) is 12.8. The first kappa shape index (κ1) is 15.8. The van der Waals surface area contributed by atoms with E-state index in [0.29, 0.717) is 11.3 Å². The Balaban J connectivity index is 2.31. The molecule has 1 heterocycles. The number of hydrogen-bond acceptors (Lipinski definition) is 5. The van der Waals surface area contributed by atoms with Crippen LogP contribution < -0.4 is 15.3 Å². The fourth-order valence-corrected chi connectivity index (χ4v) is 3.64. The molecule has 0 unspecified atom stereocenters. The highest BCUT2D eigenvalue weighted by molar-refractivity contribution is 7.89. The van der Waals surface area contributed by atoms with Crippen LogP contribution in [-0.4, -0.2) is 13.4 Å². The predicted octanol–water partition coefficient (Wildman–Crippen LogP) is 0.821. The smallest absolute Gasteiger partial charge is 0.304 e. The van der Waals surface area contributed by atoms with E-state index in [1.54, 1.807) is 0 Å². The number of thiazole rings is 1. The van der Waals surface area contributed by atoms with Crippen molar-refractivity contribution in [2.75, 3.05) is 0 Å². The highest BCUT2D eigenvalue weighted by Crippen LogP contribution is 2.20. The Kier molecular flexibility index (Phi) is 4.57. The van der Waals surface area contributed by atoms with Crippen molar-refractivity contribution < 1.29 is 12.8 Å². The van der Waals surface area contributed by atoms with Gasteiger partial charge in [0.1, 0.15) is 5.82 Å². The highest BCUT2D eigenvalue weighted by atomic mass is 32.2. The molecular formula is C12H14FN3O3S2. The van der Waals surface area contributed by atoms with Crippen LogP contribution in [0.2, 0.25) is 0 Å². The molecule has 6 nitrogen and oxygen atoms in total. The Morgan fingerprint density at radius 3 is 2.71 bits per heavy atom. The summed E-state index contributed by atoms with van der Waals surface area (Å²) in [6.07, 6.45) is 0. The second-order valence-electron chi connectivity index (χ2n) is 4.40. The van der Waals surface area contributed by atoms with Crippen LogP contribution in [0.1, 0.15) is 16.8 Å². The minimum absolute atomic E-state index is 0.0264. The molecule has 114 valence electrons. The topological polar surface area (TPSA) is 105 Å². The van der Waals surface area contributed by atoms with Crippen LogP contribution in [0.15, 0.2) is 27.2 Å². The lowest BCUT2D eigenvalue weighted by atomic mass is 10.1. The van der Waals surface area contributed by atoms with Gasteiger partial charge in [0.25, 0.3) is 0 Å². The van der Waals surface area contributed by atoms with E-state index < -0.39 is 15.8 Å². The van der Waals surface area contributed by atoms with Crippen LogP contribution in [0, 0.1) is 12.7 Å². The third-order valence-electron chi connectivity index (χ3n) is 2.91. The number of nitrogens with one attached hydrogen (secondary N) is 2. The van der Waals surface area contributed by atoms with Gasteiger partial charge in [0.15, 0.2) is 0 Å². The predicted molar refractivity (Wildman–Crippen MR) is 78.0 cm³/mol. The van der Waals surface area contributed by atoms with Crippen molar-refractivity contribution in [2.45, 2.75) is 24.9 Å². The van der Waals surface area contributed by atoms with E-state index in [9.17, 15) is 17.6 Å². The molecule has 0 atom stereocenters. The first-order chi connectivity index (χ1) is 9.83. The Labute approximate surface area is 124 Å². The molecule has 1 aromatic heterocycles. The summed E-state index contributed by atoms with van der Waals surface area (Å²) in [5, 5.41) is 1.52. The first-order valence-corrected chi connectivity index (χ1v) is 8.35.